The second-order valence-electron chi connectivity index (χ2n) is 6.73. The highest BCUT2D eigenvalue weighted by Crippen LogP contribution is 2.50. The van der Waals surface area contributed by atoms with E-state index >= 15 is 0 Å². The van der Waals surface area contributed by atoms with Crippen LogP contribution in [-0.4, -0.2) is 47.3 Å². The van der Waals surface area contributed by atoms with E-state index in [4.69, 9.17) is 30.0 Å². The van der Waals surface area contributed by atoms with Gasteiger partial charge in [0.25, 0.3) is 5.56 Å². The molecular formula is C17H31N4O7P. The minimum atomic E-state index is -3.46. The second-order valence-corrected chi connectivity index (χ2v) is 8.63. The van der Waals surface area contributed by atoms with Gasteiger partial charge in [-0.2, -0.15) is 4.98 Å². The van der Waals surface area contributed by atoms with Gasteiger partial charge in [0.15, 0.2) is 0 Å². The highest BCUT2D eigenvalue weighted by atomic mass is 31.2. The van der Waals surface area contributed by atoms with Crippen molar-refractivity contribution in [2.45, 2.75) is 59.8 Å². The summed E-state index contributed by atoms with van der Waals surface area (Å²) in [5, 5.41) is 0. The third-order valence-corrected chi connectivity index (χ3v) is 5.39. The first-order chi connectivity index (χ1) is 13.5. The Morgan fingerprint density at radius 3 is 2.28 bits per heavy atom. The molecule has 0 amide bonds. The molecule has 4 N–H and O–H groups in total. The molecule has 0 aliphatic heterocycles. The Morgan fingerprint density at radius 1 is 1.17 bits per heavy atom. The van der Waals surface area contributed by atoms with Gasteiger partial charge in [0, 0.05) is 0 Å². The predicted molar refractivity (Wildman–Crippen MR) is 109 cm³/mol. The number of aromatic nitrogens is 2. The SMILES string of the molecule is CCOC(=O)Cc1c(N)nc(N)n(CCOCP(=O)(OC(C)C)OC(C)C)c1=O. The zero-order valence-electron chi connectivity index (χ0n) is 17.5. The second kappa shape index (κ2) is 11.3. The molecule has 12 heteroatoms. The molecule has 11 nitrogen and oxygen atoms in total. The molecule has 1 heterocycles. The smallest absolute Gasteiger partial charge is 0.356 e. The highest BCUT2D eigenvalue weighted by Gasteiger charge is 2.28. The Hall–Kier alpha value is -1.94. The van der Waals surface area contributed by atoms with Crippen molar-refractivity contribution in [1.82, 2.24) is 9.55 Å². The molecule has 1 aromatic heterocycles. The largest absolute Gasteiger partial charge is 0.466 e. The number of hydrogen-bond donors (Lipinski definition) is 2. The van der Waals surface area contributed by atoms with Crippen LogP contribution in [0.1, 0.15) is 40.2 Å². The van der Waals surface area contributed by atoms with Gasteiger partial charge >= 0.3 is 13.6 Å². The van der Waals surface area contributed by atoms with Crippen LogP contribution >= 0.6 is 7.60 Å². The Bertz CT molecular complexity index is 781. The maximum Gasteiger partial charge on any atom is 0.356 e. The summed E-state index contributed by atoms with van der Waals surface area (Å²) in [5.41, 5.74) is 10.9. The maximum absolute atomic E-state index is 12.7. The number of anilines is 2. The van der Waals surface area contributed by atoms with Gasteiger partial charge in [-0.15, -0.1) is 0 Å². The van der Waals surface area contributed by atoms with Gasteiger partial charge in [0.2, 0.25) is 5.95 Å². The molecule has 0 saturated carbocycles. The van der Waals surface area contributed by atoms with E-state index in [1.165, 1.54) is 0 Å². The topological polar surface area (TPSA) is 158 Å². The van der Waals surface area contributed by atoms with E-state index in [0.29, 0.717) is 0 Å². The number of ether oxygens (including phenoxy) is 2. The van der Waals surface area contributed by atoms with Gasteiger partial charge in [-0.1, -0.05) is 0 Å². The summed E-state index contributed by atoms with van der Waals surface area (Å²) >= 11 is 0. The summed E-state index contributed by atoms with van der Waals surface area (Å²) in [5.74, 6) is -0.843. The Kier molecular flexibility index (Phi) is 9.78. The molecule has 0 aliphatic rings. The molecule has 0 radical (unpaired) electrons. The maximum atomic E-state index is 12.7. The molecule has 0 aliphatic carbocycles. The van der Waals surface area contributed by atoms with E-state index in [9.17, 15) is 14.2 Å². The molecule has 1 rings (SSSR count). The number of carbonyl (C=O) groups is 1. The monoisotopic (exact) mass is 434 g/mol. The van der Waals surface area contributed by atoms with Crippen LogP contribution in [-0.2, 0) is 40.8 Å². The van der Waals surface area contributed by atoms with Crippen LogP contribution in [0.2, 0.25) is 0 Å². The van der Waals surface area contributed by atoms with Gasteiger partial charge < -0.3 is 30.0 Å². The van der Waals surface area contributed by atoms with Gasteiger partial charge in [-0.25, -0.2) is 0 Å². The molecule has 0 bridgehead atoms. The number of hydrogen-bond acceptors (Lipinski definition) is 10. The van der Waals surface area contributed by atoms with Crippen LogP contribution in [0.3, 0.4) is 0 Å². The summed E-state index contributed by atoms with van der Waals surface area (Å²) in [6, 6.07) is 0. The Balaban J connectivity index is 2.84. The van der Waals surface area contributed by atoms with Gasteiger partial charge in [0.1, 0.15) is 12.2 Å². The highest BCUT2D eigenvalue weighted by molar-refractivity contribution is 7.53. The first kappa shape index (κ1) is 25.1. The molecular weight excluding hydrogens is 403 g/mol. The van der Waals surface area contributed by atoms with E-state index in [1.54, 1.807) is 34.6 Å². The summed E-state index contributed by atoms with van der Waals surface area (Å²) < 4.78 is 34.9. The van der Waals surface area contributed by atoms with Crippen molar-refractivity contribution >= 4 is 25.3 Å². The lowest BCUT2D eigenvalue weighted by Gasteiger charge is -2.22. The molecule has 0 fully saturated rings. The van der Waals surface area contributed by atoms with Crippen LogP contribution in [0.4, 0.5) is 11.8 Å². The molecule has 0 unspecified atom stereocenters. The summed E-state index contributed by atoms with van der Waals surface area (Å²) in [6.45, 7) is 8.79. The molecule has 0 atom stereocenters. The van der Waals surface area contributed by atoms with Crippen LogP contribution in [0, 0.1) is 0 Å². The van der Waals surface area contributed by atoms with Crippen molar-refractivity contribution in [3.05, 3.63) is 15.9 Å². The molecule has 166 valence electrons. The van der Waals surface area contributed by atoms with Crippen molar-refractivity contribution in [3.63, 3.8) is 0 Å². The average molecular weight is 434 g/mol. The quantitative estimate of drug-likeness (QED) is 0.281. The fourth-order valence-electron chi connectivity index (χ4n) is 2.43. The first-order valence-corrected chi connectivity index (χ1v) is 11.1. The molecule has 0 saturated heterocycles. The predicted octanol–water partition coefficient (Wildman–Crippen LogP) is 1.53. The number of esters is 1. The zero-order chi connectivity index (χ0) is 22.2. The molecule has 0 spiro atoms. The fourth-order valence-corrected chi connectivity index (χ4v) is 4.24. The third kappa shape index (κ3) is 8.14. The number of carbonyl (C=O) groups excluding carboxylic acids is 1. The van der Waals surface area contributed by atoms with E-state index in [-0.39, 0.29) is 62.1 Å². The number of nitrogens with zero attached hydrogens (tertiary/aromatic N) is 2. The standard InChI is InChI=1S/C17H31N4O7P/c1-6-26-14(22)9-13-15(18)20-17(19)21(16(13)23)7-8-25-10-29(24,27-11(2)3)28-12(4)5/h11-12H,6-10,18H2,1-5H3,(H2,19,20). The Morgan fingerprint density at radius 2 is 1.76 bits per heavy atom. The van der Waals surface area contributed by atoms with Crippen molar-refractivity contribution in [2.24, 2.45) is 0 Å². The van der Waals surface area contributed by atoms with E-state index in [1.807, 2.05) is 0 Å². The normalized spacial score (nSPS) is 12.0. The molecule has 0 aromatic carbocycles. The number of rotatable bonds is 12. The zero-order valence-corrected chi connectivity index (χ0v) is 18.4. The minimum absolute atomic E-state index is 0.00500. The van der Waals surface area contributed by atoms with Gasteiger partial charge in [-0.05, 0) is 34.6 Å². The van der Waals surface area contributed by atoms with E-state index < -0.39 is 19.1 Å². The first-order valence-electron chi connectivity index (χ1n) is 9.33. The van der Waals surface area contributed by atoms with E-state index in [2.05, 4.69) is 4.98 Å². The van der Waals surface area contributed by atoms with Crippen molar-refractivity contribution < 1.29 is 27.9 Å². The van der Waals surface area contributed by atoms with Crippen LogP contribution in [0.25, 0.3) is 0 Å². The van der Waals surface area contributed by atoms with Crippen LogP contribution in [0.15, 0.2) is 4.79 Å². The lowest BCUT2D eigenvalue weighted by Crippen LogP contribution is -2.31. The minimum Gasteiger partial charge on any atom is -0.466 e. The lowest BCUT2D eigenvalue weighted by atomic mass is 10.2. The average Bonchev–Trinajstić information content (AvgIpc) is 2.56. The van der Waals surface area contributed by atoms with Crippen LogP contribution in [0.5, 0.6) is 0 Å². The molecule has 29 heavy (non-hydrogen) atoms. The third-order valence-electron chi connectivity index (χ3n) is 3.40. The number of nitrogen functional groups attached to an aromatic ring is 2. The van der Waals surface area contributed by atoms with Crippen LogP contribution < -0.4 is 17.0 Å². The summed E-state index contributed by atoms with van der Waals surface area (Å²) in [4.78, 5) is 28.2. The fraction of sp³-hybridized carbons (Fsp3) is 0.706. The van der Waals surface area contributed by atoms with Gasteiger partial charge in [0.05, 0.1) is 44.0 Å². The summed E-state index contributed by atoms with van der Waals surface area (Å²) in [6.07, 6.45) is -1.22. The number of nitrogens with two attached hydrogens (primary N) is 2. The van der Waals surface area contributed by atoms with Crippen molar-refractivity contribution in [2.75, 3.05) is 31.0 Å². The Labute approximate surface area is 170 Å². The van der Waals surface area contributed by atoms with Crippen molar-refractivity contribution in [1.29, 1.82) is 0 Å². The van der Waals surface area contributed by atoms with Gasteiger partial charge in [-0.3, -0.25) is 18.7 Å². The lowest BCUT2D eigenvalue weighted by molar-refractivity contribution is -0.142. The van der Waals surface area contributed by atoms with E-state index in [0.717, 1.165) is 4.57 Å². The summed E-state index contributed by atoms with van der Waals surface area (Å²) in [7, 11) is -3.46. The van der Waals surface area contributed by atoms with Crippen molar-refractivity contribution in [3.8, 4) is 0 Å². The molecule has 1 aromatic rings.